The van der Waals surface area contributed by atoms with Crippen molar-refractivity contribution < 1.29 is 9.68 Å². The monoisotopic (exact) mass is 354 g/mol. The SMILES string of the molecule is CO/N=C(\C)c1cccc(CCCCO/N=C(\C)c2cccc(C)n2)n1. The summed E-state index contributed by atoms with van der Waals surface area (Å²) < 4.78 is 0. The number of hydrogen-bond donors (Lipinski definition) is 0. The summed E-state index contributed by atoms with van der Waals surface area (Å²) in [6.45, 7) is 6.32. The van der Waals surface area contributed by atoms with Crippen molar-refractivity contribution in [3.63, 3.8) is 0 Å². The Morgan fingerprint density at radius 3 is 2.35 bits per heavy atom. The molecule has 6 heteroatoms. The van der Waals surface area contributed by atoms with Crippen molar-refractivity contribution in [2.24, 2.45) is 10.3 Å². The van der Waals surface area contributed by atoms with Gasteiger partial charge in [0.05, 0.1) is 11.4 Å². The van der Waals surface area contributed by atoms with Gasteiger partial charge in [0.2, 0.25) is 0 Å². The molecule has 2 aromatic heterocycles. The van der Waals surface area contributed by atoms with Crippen LogP contribution < -0.4 is 0 Å². The van der Waals surface area contributed by atoms with E-state index in [0.29, 0.717) is 6.61 Å². The Morgan fingerprint density at radius 1 is 0.923 bits per heavy atom. The van der Waals surface area contributed by atoms with Gasteiger partial charge in [-0.15, -0.1) is 0 Å². The smallest absolute Gasteiger partial charge is 0.117 e. The standard InChI is InChI=1S/C20H26N4O2/c1-15-9-7-12-19(21-15)17(3)24-26-14-6-5-10-18-11-8-13-20(22-18)16(2)23-25-4/h7-9,11-13H,5-6,10,14H2,1-4H3/b23-16+,24-17+. The number of nitrogens with zero attached hydrogens (tertiary/aromatic N) is 4. The van der Waals surface area contributed by atoms with Crippen LogP contribution in [-0.2, 0) is 16.1 Å². The third-order valence-corrected chi connectivity index (χ3v) is 3.78. The van der Waals surface area contributed by atoms with Crippen molar-refractivity contribution in [1.82, 2.24) is 9.97 Å². The molecule has 0 aliphatic carbocycles. The second-order valence-corrected chi connectivity index (χ2v) is 6.00. The van der Waals surface area contributed by atoms with Gasteiger partial charge in [-0.25, -0.2) is 0 Å². The summed E-state index contributed by atoms with van der Waals surface area (Å²) in [5.74, 6) is 0. The number of hydrogen-bond acceptors (Lipinski definition) is 6. The van der Waals surface area contributed by atoms with E-state index in [2.05, 4.69) is 20.3 Å². The van der Waals surface area contributed by atoms with Crippen LogP contribution in [0.1, 0.15) is 49.5 Å². The molecule has 6 nitrogen and oxygen atoms in total. The van der Waals surface area contributed by atoms with E-state index < -0.39 is 0 Å². The van der Waals surface area contributed by atoms with Crippen LogP contribution in [0.5, 0.6) is 0 Å². The van der Waals surface area contributed by atoms with Crippen LogP contribution in [0.2, 0.25) is 0 Å². The van der Waals surface area contributed by atoms with Crippen molar-refractivity contribution in [1.29, 1.82) is 0 Å². The summed E-state index contributed by atoms with van der Waals surface area (Å²) in [5.41, 5.74) is 5.25. The van der Waals surface area contributed by atoms with Gasteiger partial charge in [-0.2, -0.15) is 0 Å². The van der Waals surface area contributed by atoms with E-state index in [1.165, 1.54) is 7.11 Å². The fraction of sp³-hybridized carbons (Fsp3) is 0.400. The Morgan fingerprint density at radius 2 is 1.62 bits per heavy atom. The van der Waals surface area contributed by atoms with E-state index in [4.69, 9.17) is 9.68 Å². The highest BCUT2D eigenvalue weighted by molar-refractivity contribution is 5.96. The van der Waals surface area contributed by atoms with E-state index in [0.717, 1.165) is 53.5 Å². The van der Waals surface area contributed by atoms with E-state index >= 15 is 0 Å². The molecular formula is C20H26N4O2. The Hall–Kier alpha value is -2.76. The van der Waals surface area contributed by atoms with E-state index in [1.54, 1.807) is 0 Å². The lowest BCUT2D eigenvalue weighted by atomic mass is 10.1. The molecule has 0 saturated heterocycles. The number of aromatic nitrogens is 2. The predicted molar refractivity (Wildman–Crippen MR) is 104 cm³/mol. The maximum atomic E-state index is 5.41. The first-order chi connectivity index (χ1) is 12.6. The second kappa shape index (κ2) is 10.3. The minimum Gasteiger partial charge on any atom is -0.399 e. The van der Waals surface area contributed by atoms with E-state index in [1.807, 2.05) is 57.2 Å². The average Bonchev–Trinajstić information content (AvgIpc) is 2.65. The summed E-state index contributed by atoms with van der Waals surface area (Å²) in [6, 6.07) is 11.8. The molecule has 26 heavy (non-hydrogen) atoms. The normalized spacial score (nSPS) is 12.2. The lowest BCUT2D eigenvalue weighted by molar-refractivity contribution is 0.140. The lowest BCUT2D eigenvalue weighted by Gasteiger charge is -2.05. The Labute approximate surface area is 155 Å². The largest absolute Gasteiger partial charge is 0.399 e. The third kappa shape index (κ3) is 6.27. The van der Waals surface area contributed by atoms with Crippen molar-refractivity contribution >= 4 is 11.4 Å². The molecule has 0 bridgehead atoms. The molecule has 2 rings (SSSR count). The van der Waals surface area contributed by atoms with E-state index in [-0.39, 0.29) is 0 Å². The van der Waals surface area contributed by atoms with Gasteiger partial charge in [0.25, 0.3) is 0 Å². The molecule has 0 aromatic carbocycles. The molecule has 138 valence electrons. The molecule has 0 amide bonds. The van der Waals surface area contributed by atoms with Crippen molar-refractivity contribution in [2.75, 3.05) is 13.7 Å². The van der Waals surface area contributed by atoms with Gasteiger partial charge in [-0.05, 0) is 64.3 Å². The molecule has 0 N–H and O–H groups in total. The summed E-state index contributed by atoms with van der Waals surface area (Å²) in [7, 11) is 1.53. The molecule has 0 radical (unpaired) electrons. The molecular weight excluding hydrogens is 328 g/mol. The molecule has 0 aliphatic rings. The third-order valence-electron chi connectivity index (χ3n) is 3.78. The fourth-order valence-corrected chi connectivity index (χ4v) is 2.41. The number of aryl methyl sites for hydroxylation is 2. The molecule has 0 saturated carbocycles. The van der Waals surface area contributed by atoms with Crippen LogP contribution in [0, 0.1) is 6.92 Å². The highest BCUT2D eigenvalue weighted by Crippen LogP contribution is 2.06. The van der Waals surface area contributed by atoms with Crippen molar-refractivity contribution in [2.45, 2.75) is 40.0 Å². The molecule has 0 fully saturated rings. The maximum absolute atomic E-state index is 5.41. The van der Waals surface area contributed by atoms with Crippen LogP contribution in [0.3, 0.4) is 0 Å². The van der Waals surface area contributed by atoms with Gasteiger partial charge < -0.3 is 9.68 Å². The fourth-order valence-electron chi connectivity index (χ4n) is 2.41. The second-order valence-electron chi connectivity index (χ2n) is 6.00. The quantitative estimate of drug-likeness (QED) is 0.389. The van der Waals surface area contributed by atoms with Crippen LogP contribution in [0.4, 0.5) is 0 Å². The highest BCUT2D eigenvalue weighted by atomic mass is 16.6. The average molecular weight is 354 g/mol. The van der Waals surface area contributed by atoms with Gasteiger partial charge in [0, 0.05) is 11.4 Å². The van der Waals surface area contributed by atoms with Gasteiger partial charge >= 0.3 is 0 Å². The predicted octanol–water partition coefficient (Wildman–Crippen LogP) is 3.92. The van der Waals surface area contributed by atoms with Gasteiger partial charge in [0.15, 0.2) is 0 Å². The van der Waals surface area contributed by atoms with Crippen molar-refractivity contribution in [3.8, 4) is 0 Å². The Balaban J connectivity index is 1.75. The number of oxime groups is 2. The zero-order valence-corrected chi connectivity index (χ0v) is 15.9. The minimum absolute atomic E-state index is 0.576. The first-order valence-corrected chi connectivity index (χ1v) is 8.75. The number of rotatable bonds is 9. The lowest BCUT2D eigenvalue weighted by Crippen LogP contribution is -2.03. The Bertz CT molecular complexity index is 772. The topological polar surface area (TPSA) is 69.0 Å². The minimum atomic E-state index is 0.576. The van der Waals surface area contributed by atoms with Gasteiger partial charge in [-0.1, -0.05) is 22.4 Å². The molecule has 0 unspecified atom stereocenters. The highest BCUT2D eigenvalue weighted by Gasteiger charge is 2.03. The summed E-state index contributed by atoms with van der Waals surface area (Å²) in [5, 5.41) is 8.06. The Kier molecular flexibility index (Phi) is 7.74. The summed E-state index contributed by atoms with van der Waals surface area (Å²) in [4.78, 5) is 19.2. The maximum Gasteiger partial charge on any atom is 0.117 e. The number of pyridine rings is 2. The summed E-state index contributed by atoms with van der Waals surface area (Å²) in [6.07, 6.45) is 2.78. The first-order valence-electron chi connectivity index (χ1n) is 8.75. The van der Waals surface area contributed by atoms with Crippen LogP contribution in [0.25, 0.3) is 0 Å². The van der Waals surface area contributed by atoms with E-state index in [9.17, 15) is 0 Å². The first kappa shape index (κ1) is 19.6. The molecule has 0 aliphatic heterocycles. The van der Waals surface area contributed by atoms with Gasteiger partial charge in [0.1, 0.15) is 25.1 Å². The van der Waals surface area contributed by atoms with Crippen LogP contribution >= 0.6 is 0 Å². The molecule has 0 atom stereocenters. The zero-order valence-electron chi connectivity index (χ0n) is 15.9. The molecule has 0 spiro atoms. The molecule has 2 heterocycles. The zero-order chi connectivity index (χ0) is 18.8. The van der Waals surface area contributed by atoms with Crippen LogP contribution in [-0.4, -0.2) is 35.1 Å². The van der Waals surface area contributed by atoms with Crippen molar-refractivity contribution in [3.05, 3.63) is 59.2 Å². The summed E-state index contributed by atoms with van der Waals surface area (Å²) >= 11 is 0. The number of unbranched alkanes of at least 4 members (excludes halogenated alkanes) is 1. The van der Waals surface area contributed by atoms with Crippen LogP contribution in [0.15, 0.2) is 46.7 Å². The van der Waals surface area contributed by atoms with Gasteiger partial charge in [-0.3, -0.25) is 9.97 Å². The molecule has 2 aromatic rings.